The van der Waals surface area contributed by atoms with Gasteiger partial charge in [-0.3, -0.25) is 28.5 Å². The Bertz CT molecular complexity index is 1700. The number of anilines is 1. The Morgan fingerprint density at radius 1 is 1.00 bits per heavy atom. The number of hydrogen-bond acceptors (Lipinski definition) is 7. The van der Waals surface area contributed by atoms with Crippen LogP contribution in [0.4, 0.5) is 5.69 Å². The molecule has 0 aliphatic carbocycles. The number of nitrogens with one attached hydrogen (secondary N) is 1. The summed E-state index contributed by atoms with van der Waals surface area (Å²) in [5, 5.41) is 2.67. The molecule has 0 bridgehead atoms. The predicted octanol–water partition coefficient (Wildman–Crippen LogP) is 1.21. The van der Waals surface area contributed by atoms with E-state index in [4.69, 9.17) is 4.74 Å². The van der Waals surface area contributed by atoms with Gasteiger partial charge < -0.3 is 24.8 Å². The third-order valence-corrected chi connectivity index (χ3v) is 7.23. The monoisotopic (exact) mass is 556 g/mol. The number of aromatic nitrogens is 2. The summed E-state index contributed by atoms with van der Waals surface area (Å²) in [5.41, 5.74) is 1.44. The van der Waals surface area contributed by atoms with Crippen LogP contribution in [0.2, 0.25) is 0 Å². The third kappa shape index (κ3) is 5.07. The number of para-hydroxylation sites is 1. The average Bonchev–Trinajstić information content (AvgIpc) is 2.98. The van der Waals surface area contributed by atoms with E-state index in [1.54, 1.807) is 42.3 Å². The lowest BCUT2D eigenvalue weighted by atomic mass is 10.0. The molecule has 2 aliphatic rings. The standard InChI is InChI=1S/C29H28N6O6/c1-17(28(39)34-12-10-33(11-13-34)19(3)36)31-27(38)18(2)35-16-30-26-21(6-5-7-22(26)29(35)40)20-8-9-24-23(14-20)32(4)25(37)15-41-24/h5-9,14,16H,1-2,10-13,15H2,3-4H3,(H,31,38). The maximum Gasteiger partial charge on any atom is 0.272 e. The van der Waals surface area contributed by atoms with Crippen LogP contribution >= 0.6 is 0 Å². The molecule has 41 heavy (non-hydrogen) atoms. The maximum absolute atomic E-state index is 13.4. The Hall–Kier alpha value is -5.26. The highest BCUT2D eigenvalue weighted by Gasteiger charge is 2.26. The highest BCUT2D eigenvalue weighted by atomic mass is 16.5. The molecule has 0 radical (unpaired) electrons. The zero-order valence-electron chi connectivity index (χ0n) is 22.7. The van der Waals surface area contributed by atoms with Crippen molar-refractivity contribution in [2.24, 2.45) is 0 Å². The van der Waals surface area contributed by atoms with Crippen LogP contribution in [0.25, 0.3) is 27.7 Å². The summed E-state index contributed by atoms with van der Waals surface area (Å²) in [6.07, 6.45) is 1.21. The quantitative estimate of drug-likeness (QED) is 0.467. The van der Waals surface area contributed by atoms with E-state index in [0.717, 1.165) is 10.1 Å². The second-order valence-corrected chi connectivity index (χ2v) is 9.72. The topological polar surface area (TPSA) is 134 Å². The van der Waals surface area contributed by atoms with Gasteiger partial charge >= 0.3 is 0 Å². The summed E-state index contributed by atoms with van der Waals surface area (Å²) in [6.45, 7) is 10.3. The molecule has 5 rings (SSSR count). The minimum atomic E-state index is -0.785. The first-order valence-corrected chi connectivity index (χ1v) is 12.8. The van der Waals surface area contributed by atoms with Gasteiger partial charge in [0.1, 0.15) is 17.8 Å². The largest absolute Gasteiger partial charge is 0.482 e. The second-order valence-electron chi connectivity index (χ2n) is 9.72. The number of benzene rings is 2. The highest BCUT2D eigenvalue weighted by Crippen LogP contribution is 2.36. The molecule has 0 saturated carbocycles. The van der Waals surface area contributed by atoms with Crippen molar-refractivity contribution in [1.29, 1.82) is 0 Å². The fourth-order valence-electron chi connectivity index (χ4n) is 4.81. The van der Waals surface area contributed by atoms with E-state index in [2.05, 4.69) is 23.5 Å². The fourth-order valence-corrected chi connectivity index (χ4v) is 4.81. The summed E-state index contributed by atoms with van der Waals surface area (Å²) in [7, 11) is 1.67. The highest BCUT2D eigenvalue weighted by molar-refractivity contribution is 6.15. The number of nitrogens with zero attached hydrogens (tertiary/aromatic N) is 5. The molecule has 0 unspecified atom stereocenters. The van der Waals surface area contributed by atoms with Crippen molar-refractivity contribution in [3.8, 4) is 16.9 Å². The summed E-state index contributed by atoms with van der Waals surface area (Å²) < 4.78 is 6.52. The summed E-state index contributed by atoms with van der Waals surface area (Å²) in [5.74, 6) is -0.931. The molecule has 12 heteroatoms. The minimum Gasteiger partial charge on any atom is -0.482 e. The first-order chi connectivity index (χ1) is 19.6. The zero-order chi connectivity index (χ0) is 29.4. The van der Waals surface area contributed by atoms with Gasteiger partial charge in [0, 0.05) is 45.7 Å². The number of likely N-dealkylation sites (N-methyl/N-ethyl adjacent to an activating group) is 1. The molecule has 1 aromatic heterocycles. The van der Waals surface area contributed by atoms with Crippen LogP contribution in [-0.4, -0.2) is 82.8 Å². The number of carbonyl (C=O) groups excluding carboxylic acids is 4. The Morgan fingerprint density at radius 3 is 2.41 bits per heavy atom. The number of fused-ring (bicyclic) bond motifs is 2. The summed E-state index contributed by atoms with van der Waals surface area (Å²) >= 11 is 0. The Labute approximate surface area is 235 Å². The maximum atomic E-state index is 13.4. The third-order valence-electron chi connectivity index (χ3n) is 7.23. The molecular weight excluding hydrogens is 528 g/mol. The van der Waals surface area contributed by atoms with Gasteiger partial charge in [0.15, 0.2) is 6.61 Å². The van der Waals surface area contributed by atoms with E-state index in [1.165, 1.54) is 23.1 Å². The van der Waals surface area contributed by atoms with E-state index in [0.29, 0.717) is 48.7 Å². The van der Waals surface area contributed by atoms with Crippen molar-refractivity contribution < 1.29 is 23.9 Å². The molecule has 1 N–H and O–H groups in total. The SMILES string of the molecule is C=C(NC(=O)C(=C)n1cnc2c(-c3ccc4c(c3)N(C)C(=O)CO4)cccc2c1=O)C(=O)N1CCN(C(C)=O)CC1. The van der Waals surface area contributed by atoms with Gasteiger partial charge in [0.05, 0.1) is 22.3 Å². The number of piperazine rings is 1. The van der Waals surface area contributed by atoms with Crippen LogP contribution in [0.15, 0.2) is 66.4 Å². The van der Waals surface area contributed by atoms with Crippen molar-refractivity contribution in [2.75, 3.05) is 44.7 Å². The van der Waals surface area contributed by atoms with Crippen molar-refractivity contribution in [2.45, 2.75) is 6.92 Å². The molecule has 0 atom stereocenters. The van der Waals surface area contributed by atoms with E-state index in [9.17, 15) is 24.0 Å². The van der Waals surface area contributed by atoms with Gasteiger partial charge in [-0.2, -0.15) is 0 Å². The van der Waals surface area contributed by atoms with Crippen molar-refractivity contribution in [3.05, 3.63) is 71.9 Å². The van der Waals surface area contributed by atoms with Crippen molar-refractivity contribution >= 4 is 45.9 Å². The van der Waals surface area contributed by atoms with E-state index >= 15 is 0 Å². The van der Waals surface area contributed by atoms with E-state index in [1.807, 2.05) is 6.07 Å². The van der Waals surface area contributed by atoms with Crippen LogP contribution in [0, 0.1) is 0 Å². The Kier molecular flexibility index (Phi) is 7.14. The Morgan fingerprint density at radius 2 is 1.71 bits per heavy atom. The van der Waals surface area contributed by atoms with Gasteiger partial charge in [-0.05, 0) is 23.8 Å². The van der Waals surface area contributed by atoms with Gasteiger partial charge in [-0.1, -0.05) is 31.4 Å². The molecule has 12 nitrogen and oxygen atoms in total. The van der Waals surface area contributed by atoms with E-state index < -0.39 is 17.4 Å². The van der Waals surface area contributed by atoms with Crippen LogP contribution in [-0.2, 0) is 19.2 Å². The number of carbonyl (C=O) groups is 4. The molecule has 3 aromatic rings. The molecule has 3 heterocycles. The number of rotatable bonds is 5. The molecule has 0 spiro atoms. The van der Waals surface area contributed by atoms with Crippen LogP contribution in [0.1, 0.15) is 6.92 Å². The van der Waals surface area contributed by atoms with E-state index in [-0.39, 0.29) is 35.2 Å². The molecule has 1 fully saturated rings. The molecule has 4 amide bonds. The van der Waals surface area contributed by atoms with Crippen LogP contribution < -0.4 is 20.5 Å². The first kappa shape index (κ1) is 27.3. The summed E-state index contributed by atoms with van der Waals surface area (Å²) in [6, 6.07) is 10.5. The van der Waals surface area contributed by atoms with Gasteiger partial charge in [-0.25, -0.2) is 4.98 Å². The zero-order valence-corrected chi connectivity index (χ0v) is 22.7. The lowest BCUT2D eigenvalue weighted by Crippen LogP contribution is -2.51. The Balaban J connectivity index is 1.35. The van der Waals surface area contributed by atoms with Gasteiger partial charge in [0.25, 0.3) is 23.3 Å². The molecule has 2 aliphatic heterocycles. The molecular formula is C29H28N6O6. The second kappa shape index (κ2) is 10.7. The molecule has 210 valence electrons. The number of ether oxygens (including phenoxy) is 1. The average molecular weight is 557 g/mol. The van der Waals surface area contributed by atoms with Crippen molar-refractivity contribution in [1.82, 2.24) is 24.7 Å². The first-order valence-electron chi connectivity index (χ1n) is 12.8. The fraction of sp³-hybridized carbons (Fsp3) is 0.241. The lowest BCUT2D eigenvalue weighted by Gasteiger charge is -2.34. The molecule has 2 aromatic carbocycles. The summed E-state index contributed by atoms with van der Waals surface area (Å²) in [4.78, 5) is 71.9. The van der Waals surface area contributed by atoms with Gasteiger partial charge in [-0.15, -0.1) is 0 Å². The van der Waals surface area contributed by atoms with Gasteiger partial charge in [0.2, 0.25) is 5.91 Å². The normalized spacial score (nSPS) is 14.8. The lowest BCUT2D eigenvalue weighted by molar-refractivity contribution is -0.136. The molecule has 1 saturated heterocycles. The van der Waals surface area contributed by atoms with Crippen LogP contribution in [0.3, 0.4) is 0 Å². The number of amides is 4. The van der Waals surface area contributed by atoms with Crippen molar-refractivity contribution in [3.63, 3.8) is 0 Å². The smallest absolute Gasteiger partial charge is 0.272 e. The van der Waals surface area contributed by atoms with Crippen LogP contribution in [0.5, 0.6) is 5.75 Å². The number of hydrogen-bond donors (Lipinski definition) is 1. The predicted molar refractivity (Wildman–Crippen MR) is 152 cm³/mol. The minimum absolute atomic E-state index is 0.0324.